The third-order valence-electron chi connectivity index (χ3n) is 3.09. The quantitative estimate of drug-likeness (QED) is 0.804. The van der Waals surface area contributed by atoms with E-state index >= 15 is 0 Å². The van der Waals surface area contributed by atoms with E-state index in [9.17, 15) is 9.18 Å². The van der Waals surface area contributed by atoms with Crippen LogP contribution in [0.15, 0.2) is 42.5 Å². The molecule has 0 radical (unpaired) electrons. The number of nitrogens with one attached hydrogen (secondary N) is 1. The largest absolute Gasteiger partial charge is 0.321 e. The van der Waals surface area contributed by atoms with Gasteiger partial charge in [0.25, 0.3) is 5.91 Å². The fourth-order valence-electron chi connectivity index (χ4n) is 2.17. The normalized spacial score (nSPS) is 14.8. The van der Waals surface area contributed by atoms with Gasteiger partial charge in [-0.1, -0.05) is 12.1 Å². The lowest BCUT2D eigenvalue weighted by Crippen LogP contribution is -2.03. The predicted molar refractivity (Wildman–Crippen MR) is 74.1 cm³/mol. The first-order valence-corrected chi connectivity index (χ1v) is 6.00. The number of carbonyl (C=O) groups is 1. The topological polar surface area (TPSA) is 52.9 Å². The van der Waals surface area contributed by atoms with Gasteiger partial charge in [0.2, 0.25) is 0 Å². The maximum atomic E-state index is 13.3. The zero-order valence-electron chi connectivity index (χ0n) is 10.4. The van der Waals surface area contributed by atoms with Crippen molar-refractivity contribution in [3.05, 3.63) is 65.0 Å². The molecule has 1 N–H and O–H groups in total. The van der Waals surface area contributed by atoms with Gasteiger partial charge in [-0.25, -0.2) is 4.39 Å². The Kier molecular flexibility index (Phi) is 2.81. The molecule has 1 amide bonds. The Balaban J connectivity index is 2.11. The minimum Gasteiger partial charge on any atom is -0.321 e. The Morgan fingerprint density at radius 1 is 1.20 bits per heavy atom. The van der Waals surface area contributed by atoms with Crippen molar-refractivity contribution in [3.8, 4) is 6.07 Å². The molecule has 2 aromatic carbocycles. The van der Waals surface area contributed by atoms with Crippen molar-refractivity contribution in [2.75, 3.05) is 5.32 Å². The van der Waals surface area contributed by atoms with Crippen LogP contribution in [0.4, 0.5) is 10.1 Å². The van der Waals surface area contributed by atoms with Gasteiger partial charge in [-0.2, -0.15) is 5.26 Å². The number of rotatable bonds is 1. The van der Waals surface area contributed by atoms with E-state index in [4.69, 9.17) is 5.26 Å². The maximum Gasteiger partial charge on any atom is 0.256 e. The van der Waals surface area contributed by atoms with Gasteiger partial charge in [0, 0.05) is 16.8 Å². The molecule has 1 aliphatic rings. The molecule has 3 rings (SSSR count). The van der Waals surface area contributed by atoms with Gasteiger partial charge in [0.05, 0.1) is 11.6 Å². The molecule has 0 aliphatic carbocycles. The Morgan fingerprint density at radius 3 is 2.85 bits per heavy atom. The summed E-state index contributed by atoms with van der Waals surface area (Å²) in [6.45, 7) is 0. The summed E-state index contributed by atoms with van der Waals surface area (Å²) < 4.78 is 13.3. The summed E-state index contributed by atoms with van der Waals surface area (Å²) in [5, 5.41) is 11.6. The van der Waals surface area contributed by atoms with E-state index in [1.165, 1.54) is 18.2 Å². The lowest BCUT2D eigenvalue weighted by molar-refractivity contribution is -0.110. The SMILES string of the molecule is N#Cc1cccc(/C=C2\C(=O)Nc3ccc(F)cc32)c1. The van der Waals surface area contributed by atoms with Crippen LogP contribution >= 0.6 is 0 Å². The maximum absolute atomic E-state index is 13.3. The average Bonchev–Trinajstić information content (AvgIpc) is 2.75. The first-order chi connectivity index (χ1) is 9.67. The van der Waals surface area contributed by atoms with Crippen molar-refractivity contribution in [2.45, 2.75) is 0 Å². The van der Waals surface area contributed by atoms with Crippen molar-refractivity contribution < 1.29 is 9.18 Å². The van der Waals surface area contributed by atoms with Gasteiger partial charge >= 0.3 is 0 Å². The van der Waals surface area contributed by atoms with E-state index in [2.05, 4.69) is 5.32 Å². The van der Waals surface area contributed by atoms with Crippen LogP contribution < -0.4 is 5.32 Å². The number of benzene rings is 2. The zero-order chi connectivity index (χ0) is 14.1. The molecule has 0 bridgehead atoms. The fraction of sp³-hybridized carbons (Fsp3) is 0. The Labute approximate surface area is 115 Å². The molecule has 0 fully saturated rings. The zero-order valence-corrected chi connectivity index (χ0v) is 10.4. The van der Waals surface area contributed by atoms with Crippen LogP contribution in [-0.4, -0.2) is 5.91 Å². The number of anilines is 1. The van der Waals surface area contributed by atoms with Crippen LogP contribution in [0.3, 0.4) is 0 Å². The van der Waals surface area contributed by atoms with Crippen LogP contribution in [0, 0.1) is 17.1 Å². The molecule has 0 aromatic heterocycles. The fourth-order valence-corrected chi connectivity index (χ4v) is 2.17. The predicted octanol–water partition coefficient (Wildman–Crippen LogP) is 3.19. The van der Waals surface area contributed by atoms with Gasteiger partial charge in [-0.3, -0.25) is 4.79 Å². The van der Waals surface area contributed by atoms with Gasteiger partial charge in [0.1, 0.15) is 5.82 Å². The number of halogens is 1. The molecule has 20 heavy (non-hydrogen) atoms. The van der Waals surface area contributed by atoms with Crippen LogP contribution in [0.25, 0.3) is 11.6 Å². The van der Waals surface area contributed by atoms with Crippen molar-refractivity contribution in [1.29, 1.82) is 5.26 Å². The molecule has 3 nitrogen and oxygen atoms in total. The third kappa shape index (κ3) is 2.06. The number of nitriles is 1. The van der Waals surface area contributed by atoms with Crippen LogP contribution in [0.2, 0.25) is 0 Å². The Hall–Kier alpha value is -2.93. The summed E-state index contributed by atoms with van der Waals surface area (Å²) in [6.07, 6.45) is 1.65. The standard InChI is InChI=1S/C16H9FN2O/c17-12-4-5-15-13(8-12)14(16(20)19-15)7-10-2-1-3-11(6-10)9-18/h1-8H,(H,19,20)/b14-7-. The Bertz CT molecular complexity index is 787. The van der Waals surface area contributed by atoms with Gasteiger partial charge in [-0.05, 0) is 42.0 Å². The minimum absolute atomic E-state index is 0.270. The molecule has 0 spiro atoms. The number of nitrogens with zero attached hydrogens (tertiary/aromatic N) is 1. The van der Waals surface area contributed by atoms with E-state index in [1.54, 1.807) is 30.3 Å². The van der Waals surface area contributed by atoms with Crippen molar-refractivity contribution in [2.24, 2.45) is 0 Å². The molecule has 2 aromatic rings. The number of amides is 1. The highest BCUT2D eigenvalue weighted by molar-refractivity contribution is 6.34. The monoisotopic (exact) mass is 264 g/mol. The number of hydrogen-bond donors (Lipinski definition) is 1. The first kappa shape index (κ1) is 12.1. The summed E-state index contributed by atoms with van der Waals surface area (Å²) in [7, 11) is 0. The van der Waals surface area contributed by atoms with E-state index in [-0.39, 0.29) is 5.91 Å². The second-order valence-corrected chi connectivity index (χ2v) is 4.44. The molecule has 0 atom stereocenters. The number of carbonyl (C=O) groups excluding carboxylic acids is 1. The molecular weight excluding hydrogens is 255 g/mol. The third-order valence-corrected chi connectivity index (χ3v) is 3.09. The van der Waals surface area contributed by atoms with Gasteiger partial charge < -0.3 is 5.32 Å². The van der Waals surface area contributed by atoms with Crippen LogP contribution in [0.5, 0.6) is 0 Å². The molecule has 0 saturated heterocycles. The number of fused-ring (bicyclic) bond motifs is 1. The van der Waals surface area contributed by atoms with Crippen molar-refractivity contribution in [1.82, 2.24) is 0 Å². The lowest BCUT2D eigenvalue weighted by atomic mass is 10.0. The molecular formula is C16H9FN2O. The minimum atomic E-state index is -0.392. The highest BCUT2D eigenvalue weighted by atomic mass is 19.1. The second-order valence-electron chi connectivity index (χ2n) is 4.44. The second kappa shape index (κ2) is 4.63. The molecule has 96 valence electrons. The molecule has 4 heteroatoms. The lowest BCUT2D eigenvalue weighted by Gasteiger charge is -1.99. The van der Waals surface area contributed by atoms with Crippen LogP contribution in [-0.2, 0) is 4.79 Å². The van der Waals surface area contributed by atoms with Crippen LogP contribution in [0.1, 0.15) is 16.7 Å². The average molecular weight is 264 g/mol. The highest BCUT2D eigenvalue weighted by Gasteiger charge is 2.24. The molecule has 0 saturated carbocycles. The summed E-state index contributed by atoms with van der Waals surface area (Å²) in [6, 6.07) is 13.1. The summed E-state index contributed by atoms with van der Waals surface area (Å²) in [5.74, 6) is -0.662. The first-order valence-electron chi connectivity index (χ1n) is 6.00. The van der Waals surface area contributed by atoms with Crippen molar-refractivity contribution in [3.63, 3.8) is 0 Å². The smallest absolute Gasteiger partial charge is 0.256 e. The summed E-state index contributed by atoms with van der Waals surface area (Å²) in [5.41, 5.74) is 2.77. The van der Waals surface area contributed by atoms with E-state index in [1.807, 2.05) is 6.07 Å². The highest BCUT2D eigenvalue weighted by Crippen LogP contribution is 2.33. The van der Waals surface area contributed by atoms with E-state index in [0.717, 1.165) is 5.56 Å². The Morgan fingerprint density at radius 2 is 2.05 bits per heavy atom. The summed E-state index contributed by atoms with van der Waals surface area (Å²) in [4.78, 5) is 11.9. The van der Waals surface area contributed by atoms with Gasteiger partial charge in [-0.15, -0.1) is 0 Å². The number of hydrogen-bond acceptors (Lipinski definition) is 2. The van der Waals surface area contributed by atoms with E-state index < -0.39 is 5.82 Å². The molecule has 1 aliphatic heterocycles. The molecule has 1 heterocycles. The molecule has 0 unspecified atom stereocenters. The van der Waals surface area contributed by atoms with E-state index in [0.29, 0.717) is 22.4 Å². The van der Waals surface area contributed by atoms with Crippen molar-refractivity contribution >= 4 is 23.2 Å². The van der Waals surface area contributed by atoms with Gasteiger partial charge in [0.15, 0.2) is 0 Å². The summed E-state index contributed by atoms with van der Waals surface area (Å²) >= 11 is 0.